The van der Waals surface area contributed by atoms with Crippen LogP contribution in [0.3, 0.4) is 0 Å². The van der Waals surface area contributed by atoms with Crippen molar-refractivity contribution in [1.29, 1.82) is 0 Å². The van der Waals surface area contributed by atoms with Crippen LogP contribution in [0.2, 0.25) is 0 Å². The topological polar surface area (TPSA) is 102 Å². The number of hydrogen-bond acceptors (Lipinski definition) is 8. The van der Waals surface area contributed by atoms with E-state index in [1.807, 2.05) is 30.3 Å². The molecule has 1 atom stereocenters. The first-order chi connectivity index (χ1) is 17.9. The van der Waals surface area contributed by atoms with Crippen molar-refractivity contribution in [2.75, 3.05) is 25.7 Å². The fraction of sp³-hybridized carbons (Fsp3) is 0.269. The van der Waals surface area contributed by atoms with Gasteiger partial charge in [0.25, 0.3) is 0 Å². The minimum atomic E-state index is -3.90. The van der Waals surface area contributed by atoms with Crippen molar-refractivity contribution in [3.8, 4) is 11.5 Å². The Morgan fingerprint density at radius 2 is 1.84 bits per heavy atom. The highest BCUT2D eigenvalue weighted by molar-refractivity contribution is 7.89. The van der Waals surface area contributed by atoms with E-state index in [-0.39, 0.29) is 23.9 Å². The maximum Gasteiger partial charge on any atom is 0.247 e. The van der Waals surface area contributed by atoms with E-state index in [1.54, 1.807) is 36.4 Å². The molecule has 9 nitrogen and oxygen atoms in total. The number of ether oxygens (including phenoxy) is 2. The maximum absolute atomic E-state index is 14.1. The number of carbonyl (C=O) groups excluding carboxylic acids is 1. The second kappa shape index (κ2) is 10.4. The number of aromatic nitrogens is 2. The van der Waals surface area contributed by atoms with E-state index in [1.165, 1.54) is 34.9 Å². The molecule has 0 N–H and O–H groups in total. The number of nitrogens with zero attached hydrogens (tertiary/aromatic N) is 4. The van der Waals surface area contributed by atoms with E-state index in [2.05, 4.69) is 4.98 Å². The monoisotopic (exact) mass is 538 g/mol. The third-order valence-corrected chi connectivity index (χ3v) is 9.26. The standard InChI is InChI=1S/C26H26N4O5S2/c1-34-19-8-11-21(12-9-19)37(32,33)30-15-5-7-23(30)25(31)29(17-18-6-3-4-14-27-18)26-28-22-16-20(35-2)10-13-24(22)36-26/h3-4,6,8-14,16,23H,5,7,15,17H2,1-2H3. The van der Waals surface area contributed by atoms with Crippen LogP contribution in [0.5, 0.6) is 11.5 Å². The average molecular weight is 539 g/mol. The molecule has 0 aliphatic carbocycles. The molecular formula is C26H26N4O5S2. The van der Waals surface area contributed by atoms with E-state index in [9.17, 15) is 13.2 Å². The van der Waals surface area contributed by atoms with Crippen LogP contribution in [0, 0.1) is 0 Å². The predicted molar refractivity (Wildman–Crippen MR) is 142 cm³/mol. The molecule has 0 saturated carbocycles. The largest absolute Gasteiger partial charge is 0.497 e. The smallest absolute Gasteiger partial charge is 0.247 e. The Morgan fingerprint density at radius 1 is 1.08 bits per heavy atom. The van der Waals surface area contributed by atoms with E-state index in [4.69, 9.17) is 14.5 Å². The summed E-state index contributed by atoms with van der Waals surface area (Å²) in [7, 11) is -0.792. The molecule has 1 amide bonds. The van der Waals surface area contributed by atoms with E-state index < -0.39 is 16.1 Å². The molecule has 11 heteroatoms. The summed E-state index contributed by atoms with van der Waals surface area (Å²) in [6, 6.07) is 16.4. The van der Waals surface area contributed by atoms with Gasteiger partial charge in [0, 0.05) is 18.8 Å². The molecule has 2 aromatic carbocycles. The van der Waals surface area contributed by atoms with Gasteiger partial charge in [0.15, 0.2) is 5.13 Å². The molecule has 192 valence electrons. The fourth-order valence-electron chi connectivity index (χ4n) is 4.37. The van der Waals surface area contributed by atoms with Crippen LogP contribution in [0.15, 0.2) is 71.8 Å². The first-order valence-electron chi connectivity index (χ1n) is 11.7. The molecule has 4 aromatic rings. The summed E-state index contributed by atoms with van der Waals surface area (Å²) >= 11 is 1.37. The number of amides is 1. The Kier molecular flexibility index (Phi) is 7.09. The van der Waals surface area contributed by atoms with Crippen LogP contribution in [0.4, 0.5) is 5.13 Å². The molecule has 37 heavy (non-hydrogen) atoms. The molecule has 0 bridgehead atoms. The van der Waals surface area contributed by atoms with Crippen molar-refractivity contribution < 1.29 is 22.7 Å². The lowest BCUT2D eigenvalue weighted by molar-refractivity contribution is -0.121. The number of benzene rings is 2. The zero-order chi connectivity index (χ0) is 26.0. The second-order valence-corrected chi connectivity index (χ2v) is 11.4. The molecule has 5 rings (SSSR count). The van der Waals surface area contributed by atoms with E-state index in [0.717, 1.165) is 4.70 Å². The van der Waals surface area contributed by atoms with Gasteiger partial charge in [-0.15, -0.1) is 0 Å². The Bertz CT molecular complexity index is 1510. The summed E-state index contributed by atoms with van der Waals surface area (Å²) in [4.78, 5) is 24.8. The van der Waals surface area contributed by atoms with E-state index >= 15 is 0 Å². The van der Waals surface area contributed by atoms with Gasteiger partial charge in [-0.2, -0.15) is 4.31 Å². The first kappa shape index (κ1) is 25.1. The number of fused-ring (bicyclic) bond motifs is 1. The third kappa shape index (κ3) is 5.02. The normalized spacial score (nSPS) is 16.1. The molecule has 0 radical (unpaired) electrons. The lowest BCUT2D eigenvalue weighted by Crippen LogP contribution is -2.47. The number of thiazole rings is 1. The van der Waals surface area contributed by atoms with Gasteiger partial charge in [-0.3, -0.25) is 14.7 Å². The first-order valence-corrected chi connectivity index (χ1v) is 14.0. The lowest BCUT2D eigenvalue weighted by atomic mass is 10.2. The van der Waals surface area contributed by atoms with Crippen LogP contribution in [-0.2, 0) is 21.4 Å². The highest BCUT2D eigenvalue weighted by Gasteiger charge is 2.42. The number of rotatable bonds is 8. The van der Waals surface area contributed by atoms with Gasteiger partial charge < -0.3 is 9.47 Å². The maximum atomic E-state index is 14.1. The van der Waals surface area contributed by atoms with Gasteiger partial charge in [-0.25, -0.2) is 13.4 Å². The van der Waals surface area contributed by atoms with Crippen LogP contribution in [-0.4, -0.2) is 55.4 Å². The summed E-state index contributed by atoms with van der Waals surface area (Å²) in [5, 5.41) is 0.479. The highest BCUT2D eigenvalue weighted by Crippen LogP contribution is 2.35. The van der Waals surface area contributed by atoms with Gasteiger partial charge in [0.1, 0.15) is 17.5 Å². The zero-order valence-corrected chi connectivity index (χ0v) is 22.0. The van der Waals surface area contributed by atoms with E-state index in [0.29, 0.717) is 40.7 Å². The number of sulfonamides is 1. The molecule has 1 aliphatic heterocycles. The van der Waals surface area contributed by atoms with Crippen molar-refractivity contribution in [3.05, 3.63) is 72.6 Å². The van der Waals surface area contributed by atoms with Gasteiger partial charge in [-0.1, -0.05) is 17.4 Å². The van der Waals surface area contributed by atoms with Crippen molar-refractivity contribution in [2.45, 2.75) is 30.3 Å². The van der Waals surface area contributed by atoms with Gasteiger partial charge in [0.05, 0.1) is 41.6 Å². The van der Waals surface area contributed by atoms with Crippen LogP contribution in [0.1, 0.15) is 18.5 Å². The number of methoxy groups -OCH3 is 2. The van der Waals surface area contributed by atoms with Crippen molar-refractivity contribution in [3.63, 3.8) is 0 Å². The van der Waals surface area contributed by atoms with Gasteiger partial charge >= 0.3 is 0 Å². The van der Waals surface area contributed by atoms with Crippen molar-refractivity contribution in [1.82, 2.24) is 14.3 Å². The zero-order valence-electron chi connectivity index (χ0n) is 20.4. The van der Waals surface area contributed by atoms with Gasteiger partial charge in [-0.05, 0) is 61.4 Å². The van der Waals surface area contributed by atoms with Crippen LogP contribution in [0.25, 0.3) is 10.2 Å². The molecule has 0 spiro atoms. The van der Waals surface area contributed by atoms with Gasteiger partial charge in [0.2, 0.25) is 15.9 Å². The summed E-state index contributed by atoms with van der Waals surface area (Å²) in [6.45, 7) is 0.433. The third-order valence-electron chi connectivity index (χ3n) is 6.28. The number of anilines is 1. The summed E-state index contributed by atoms with van der Waals surface area (Å²) in [5.41, 5.74) is 1.38. The van der Waals surface area contributed by atoms with Crippen LogP contribution < -0.4 is 14.4 Å². The van der Waals surface area contributed by atoms with Crippen molar-refractivity contribution >= 4 is 42.6 Å². The lowest BCUT2D eigenvalue weighted by Gasteiger charge is -2.28. The number of carbonyl (C=O) groups is 1. The predicted octanol–water partition coefficient (Wildman–Crippen LogP) is 4.10. The SMILES string of the molecule is COc1ccc(S(=O)(=O)N2CCCC2C(=O)N(Cc2ccccn2)c2nc3cc(OC)ccc3s2)cc1. The average Bonchev–Trinajstić information content (AvgIpc) is 3.59. The molecule has 1 fully saturated rings. The molecular weight excluding hydrogens is 512 g/mol. The molecule has 1 saturated heterocycles. The Balaban J connectivity index is 1.50. The second-order valence-electron chi connectivity index (χ2n) is 8.52. The Morgan fingerprint density at radius 3 is 2.54 bits per heavy atom. The number of hydrogen-bond donors (Lipinski definition) is 0. The highest BCUT2D eigenvalue weighted by atomic mass is 32.2. The van der Waals surface area contributed by atoms with Crippen molar-refractivity contribution in [2.24, 2.45) is 0 Å². The minimum absolute atomic E-state index is 0.122. The minimum Gasteiger partial charge on any atom is -0.497 e. The van der Waals surface area contributed by atoms with Crippen LogP contribution >= 0.6 is 11.3 Å². The molecule has 3 heterocycles. The quantitative estimate of drug-likeness (QED) is 0.333. The molecule has 1 aliphatic rings. The fourth-order valence-corrected chi connectivity index (χ4v) is 6.97. The molecule has 2 aromatic heterocycles. The Labute approximate surface area is 219 Å². The summed E-state index contributed by atoms with van der Waals surface area (Å²) < 4.78 is 39.8. The summed E-state index contributed by atoms with van der Waals surface area (Å²) in [6.07, 6.45) is 2.67. The number of pyridine rings is 1. The molecule has 1 unspecified atom stereocenters. The summed E-state index contributed by atoms with van der Waals surface area (Å²) in [5.74, 6) is 0.896. The Hall–Kier alpha value is -3.54.